The Morgan fingerprint density at radius 3 is 2.50 bits per heavy atom. The van der Waals surface area contributed by atoms with Crippen LogP contribution in [0.25, 0.3) is 21.3 Å². The topological polar surface area (TPSA) is 65.5 Å². The molecule has 154 valence electrons. The SMILES string of the molecule is CCOc1ccc(-c2csc3ncnc(Nc4cc(OC)c(Cl)cc4OC)c23)cc1. The van der Waals surface area contributed by atoms with Gasteiger partial charge >= 0.3 is 0 Å². The van der Waals surface area contributed by atoms with Crippen molar-refractivity contribution in [2.75, 3.05) is 26.1 Å². The maximum absolute atomic E-state index is 6.23. The van der Waals surface area contributed by atoms with Crippen molar-refractivity contribution in [3.8, 4) is 28.4 Å². The van der Waals surface area contributed by atoms with E-state index < -0.39 is 0 Å². The largest absolute Gasteiger partial charge is 0.495 e. The van der Waals surface area contributed by atoms with Crippen LogP contribution in [0.15, 0.2) is 48.1 Å². The number of hydrogen-bond donors (Lipinski definition) is 1. The predicted molar refractivity (Wildman–Crippen MR) is 122 cm³/mol. The van der Waals surface area contributed by atoms with Gasteiger partial charge in [0.05, 0.1) is 36.9 Å². The first-order valence-electron chi connectivity index (χ1n) is 9.28. The van der Waals surface area contributed by atoms with Crippen LogP contribution in [0, 0.1) is 0 Å². The third-order valence-corrected chi connectivity index (χ3v) is 5.76. The zero-order valence-electron chi connectivity index (χ0n) is 16.7. The van der Waals surface area contributed by atoms with Crippen LogP contribution in [0.4, 0.5) is 11.5 Å². The number of nitrogens with zero attached hydrogens (tertiary/aromatic N) is 2. The zero-order chi connectivity index (χ0) is 21.1. The van der Waals surface area contributed by atoms with Crippen LogP contribution in [0.5, 0.6) is 17.2 Å². The lowest BCUT2D eigenvalue weighted by molar-refractivity contribution is 0.340. The highest BCUT2D eigenvalue weighted by Gasteiger charge is 2.16. The molecule has 4 aromatic rings. The molecule has 4 rings (SSSR count). The minimum atomic E-state index is 0.471. The van der Waals surface area contributed by atoms with Crippen molar-refractivity contribution in [1.29, 1.82) is 0 Å². The third-order valence-electron chi connectivity index (χ3n) is 4.57. The van der Waals surface area contributed by atoms with E-state index in [0.717, 1.165) is 27.1 Å². The number of nitrogens with one attached hydrogen (secondary N) is 1. The Labute approximate surface area is 183 Å². The molecule has 1 N–H and O–H groups in total. The van der Waals surface area contributed by atoms with Gasteiger partial charge in [0.25, 0.3) is 0 Å². The van der Waals surface area contributed by atoms with E-state index in [1.807, 2.05) is 31.2 Å². The number of benzene rings is 2. The fourth-order valence-electron chi connectivity index (χ4n) is 3.17. The minimum absolute atomic E-state index is 0.471. The molecule has 6 nitrogen and oxygen atoms in total. The Bertz CT molecular complexity index is 1180. The van der Waals surface area contributed by atoms with Crippen LogP contribution < -0.4 is 19.5 Å². The Kier molecular flexibility index (Phi) is 5.92. The van der Waals surface area contributed by atoms with Crippen LogP contribution in [0.3, 0.4) is 0 Å². The highest BCUT2D eigenvalue weighted by atomic mass is 35.5. The number of thiophene rings is 1. The summed E-state index contributed by atoms with van der Waals surface area (Å²) in [5, 5.41) is 6.85. The molecule has 0 amide bonds. The number of fused-ring (bicyclic) bond motifs is 1. The van der Waals surface area contributed by atoms with Gasteiger partial charge in [0.15, 0.2) is 0 Å². The smallest absolute Gasteiger partial charge is 0.144 e. The summed E-state index contributed by atoms with van der Waals surface area (Å²) in [6.07, 6.45) is 1.54. The Morgan fingerprint density at radius 1 is 1.03 bits per heavy atom. The monoisotopic (exact) mass is 441 g/mol. The van der Waals surface area contributed by atoms with E-state index in [-0.39, 0.29) is 0 Å². The van der Waals surface area contributed by atoms with Crippen LogP contribution in [0.2, 0.25) is 5.02 Å². The van der Waals surface area contributed by atoms with Crippen molar-refractivity contribution in [3.05, 3.63) is 53.1 Å². The van der Waals surface area contributed by atoms with Crippen molar-refractivity contribution >= 4 is 44.7 Å². The molecule has 0 saturated heterocycles. The van der Waals surface area contributed by atoms with Crippen molar-refractivity contribution in [3.63, 3.8) is 0 Å². The lowest BCUT2D eigenvalue weighted by atomic mass is 10.1. The lowest BCUT2D eigenvalue weighted by Crippen LogP contribution is -1.99. The Morgan fingerprint density at radius 2 is 1.80 bits per heavy atom. The number of aromatic nitrogens is 2. The van der Waals surface area contributed by atoms with Gasteiger partial charge in [-0.05, 0) is 24.6 Å². The molecule has 0 unspecified atom stereocenters. The molecule has 2 aromatic heterocycles. The molecule has 0 aliphatic carbocycles. The van der Waals surface area contributed by atoms with E-state index in [1.54, 1.807) is 44.0 Å². The first-order chi connectivity index (χ1) is 14.6. The maximum Gasteiger partial charge on any atom is 0.144 e. The van der Waals surface area contributed by atoms with Crippen LogP contribution in [-0.4, -0.2) is 30.8 Å². The highest BCUT2D eigenvalue weighted by molar-refractivity contribution is 7.17. The minimum Gasteiger partial charge on any atom is -0.495 e. The van der Waals surface area contributed by atoms with Gasteiger partial charge in [0, 0.05) is 23.1 Å². The van der Waals surface area contributed by atoms with Gasteiger partial charge < -0.3 is 19.5 Å². The molecule has 0 bridgehead atoms. The van der Waals surface area contributed by atoms with Crippen LogP contribution in [-0.2, 0) is 0 Å². The summed E-state index contributed by atoms with van der Waals surface area (Å²) in [6.45, 7) is 2.60. The molecule has 0 fully saturated rings. The van der Waals surface area contributed by atoms with Gasteiger partial charge in [-0.25, -0.2) is 9.97 Å². The van der Waals surface area contributed by atoms with E-state index in [1.165, 1.54) is 0 Å². The maximum atomic E-state index is 6.23. The van der Waals surface area contributed by atoms with E-state index in [9.17, 15) is 0 Å². The molecule has 0 aliphatic heterocycles. The number of rotatable bonds is 7. The summed E-state index contributed by atoms with van der Waals surface area (Å²) in [6, 6.07) is 11.5. The van der Waals surface area contributed by atoms with Crippen LogP contribution >= 0.6 is 22.9 Å². The van der Waals surface area contributed by atoms with Crippen LogP contribution in [0.1, 0.15) is 6.92 Å². The van der Waals surface area contributed by atoms with Crippen molar-refractivity contribution < 1.29 is 14.2 Å². The summed E-state index contributed by atoms with van der Waals surface area (Å²) >= 11 is 7.80. The van der Waals surface area contributed by atoms with Crippen molar-refractivity contribution in [2.24, 2.45) is 0 Å². The number of ether oxygens (including phenoxy) is 3. The number of anilines is 2. The lowest BCUT2D eigenvalue weighted by Gasteiger charge is -2.14. The molecule has 0 saturated carbocycles. The highest BCUT2D eigenvalue weighted by Crippen LogP contribution is 2.41. The predicted octanol–water partition coefficient (Wildman–Crippen LogP) is 6.17. The summed E-state index contributed by atoms with van der Waals surface area (Å²) < 4.78 is 16.4. The van der Waals surface area contributed by atoms with Gasteiger partial charge in [-0.3, -0.25) is 0 Å². The van der Waals surface area contributed by atoms with Crippen molar-refractivity contribution in [2.45, 2.75) is 6.92 Å². The number of halogens is 1. The zero-order valence-corrected chi connectivity index (χ0v) is 18.3. The standard InChI is InChI=1S/C22H20ClN3O3S/c1-4-29-14-7-5-13(6-8-14)15-11-30-22-20(15)21(24-12-25-22)26-17-10-18(27-2)16(23)9-19(17)28-3/h5-12H,4H2,1-3H3,(H,24,25,26). The molecule has 2 aromatic carbocycles. The second-order valence-corrected chi connectivity index (χ2v) is 7.59. The molecule has 0 aliphatic rings. The van der Waals surface area contributed by atoms with Crippen molar-refractivity contribution in [1.82, 2.24) is 9.97 Å². The van der Waals surface area contributed by atoms with Gasteiger partial charge in [0.1, 0.15) is 34.2 Å². The molecule has 8 heteroatoms. The molecule has 2 heterocycles. The number of methoxy groups -OCH3 is 2. The van der Waals surface area contributed by atoms with E-state index in [0.29, 0.717) is 34.6 Å². The molecular formula is C22H20ClN3O3S. The van der Waals surface area contributed by atoms with Gasteiger partial charge in [0.2, 0.25) is 0 Å². The van der Waals surface area contributed by atoms with E-state index in [4.69, 9.17) is 25.8 Å². The second kappa shape index (κ2) is 8.77. The van der Waals surface area contributed by atoms with Gasteiger partial charge in [-0.2, -0.15) is 0 Å². The summed E-state index contributed by atoms with van der Waals surface area (Å²) in [5.74, 6) is 2.65. The van der Waals surface area contributed by atoms with Gasteiger partial charge in [-0.15, -0.1) is 11.3 Å². The molecule has 30 heavy (non-hydrogen) atoms. The third kappa shape index (κ3) is 3.86. The fraction of sp³-hybridized carbons (Fsp3) is 0.182. The summed E-state index contributed by atoms with van der Waals surface area (Å²) in [4.78, 5) is 9.81. The number of hydrogen-bond acceptors (Lipinski definition) is 7. The molecule has 0 radical (unpaired) electrons. The van der Waals surface area contributed by atoms with Gasteiger partial charge in [-0.1, -0.05) is 23.7 Å². The molecule has 0 spiro atoms. The van der Waals surface area contributed by atoms with E-state index >= 15 is 0 Å². The summed E-state index contributed by atoms with van der Waals surface area (Å²) in [7, 11) is 3.16. The second-order valence-electron chi connectivity index (χ2n) is 6.32. The average molecular weight is 442 g/mol. The first-order valence-corrected chi connectivity index (χ1v) is 10.5. The first kappa shape index (κ1) is 20.3. The molecule has 0 atom stereocenters. The van der Waals surface area contributed by atoms with E-state index in [2.05, 4.69) is 20.7 Å². The Balaban J connectivity index is 1.79. The quantitative estimate of drug-likeness (QED) is 0.370. The summed E-state index contributed by atoms with van der Waals surface area (Å²) in [5.41, 5.74) is 2.80. The molecular weight excluding hydrogens is 422 g/mol. The normalized spacial score (nSPS) is 10.8. The Hall–Kier alpha value is -3.03. The average Bonchev–Trinajstić information content (AvgIpc) is 3.20. The fourth-order valence-corrected chi connectivity index (χ4v) is 4.31.